The maximum Gasteiger partial charge on any atom is 0.164 e. The Hall–Kier alpha value is -7.23. The number of rotatable bonds is 8. The Bertz CT molecular complexity index is 2690. The minimum atomic E-state index is 0.616. The van der Waals surface area contributed by atoms with Gasteiger partial charge in [0.15, 0.2) is 17.5 Å². The monoisotopic (exact) mass is 689 g/mol. The zero-order chi connectivity index (χ0) is 36.1. The first-order valence-electron chi connectivity index (χ1n) is 18.2. The smallest absolute Gasteiger partial charge is 0.164 e. The van der Waals surface area contributed by atoms with E-state index in [4.69, 9.17) is 15.0 Å². The minimum absolute atomic E-state index is 0.616. The third-order valence-electron chi connectivity index (χ3n) is 9.74. The van der Waals surface area contributed by atoms with Crippen molar-refractivity contribution in [1.82, 2.24) is 15.0 Å². The van der Waals surface area contributed by atoms with Crippen LogP contribution in [0, 0.1) is 0 Å². The molecule has 9 aromatic rings. The van der Waals surface area contributed by atoms with Crippen LogP contribution < -0.4 is 0 Å². The summed E-state index contributed by atoms with van der Waals surface area (Å²) in [5, 5.41) is 0. The number of nitrogens with zero attached hydrogens (tertiary/aromatic N) is 3. The van der Waals surface area contributed by atoms with Crippen molar-refractivity contribution in [3.63, 3.8) is 0 Å². The molecular formula is C51H35N3. The van der Waals surface area contributed by atoms with Gasteiger partial charge in [-0.15, -0.1) is 0 Å². The van der Waals surface area contributed by atoms with Crippen LogP contribution in [0.4, 0.5) is 0 Å². The molecule has 0 N–H and O–H groups in total. The molecule has 54 heavy (non-hydrogen) atoms. The molecule has 0 aliphatic rings. The molecule has 0 fully saturated rings. The highest BCUT2D eigenvalue weighted by molar-refractivity contribution is 5.93. The Balaban J connectivity index is 1.24. The van der Waals surface area contributed by atoms with E-state index in [1.165, 1.54) is 11.1 Å². The number of hydrogen-bond donors (Lipinski definition) is 0. The van der Waals surface area contributed by atoms with Crippen LogP contribution in [0.3, 0.4) is 0 Å². The van der Waals surface area contributed by atoms with Crippen LogP contribution >= 0.6 is 0 Å². The van der Waals surface area contributed by atoms with Gasteiger partial charge in [0.05, 0.1) is 0 Å². The van der Waals surface area contributed by atoms with E-state index in [-0.39, 0.29) is 0 Å². The third-order valence-corrected chi connectivity index (χ3v) is 9.74. The molecule has 0 aliphatic carbocycles. The minimum Gasteiger partial charge on any atom is -0.208 e. The summed E-state index contributed by atoms with van der Waals surface area (Å²) in [5.74, 6) is 1.85. The molecule has 9 rings (SSSR count). The Morgan fingerprint density at radius 3 is 1.00 bits per heavy atom. The van der Waals surface area contributed by atoms with Gasteiger partial charge in [-0.05, 0) is 68.3 Å². The maximum absolute atomic E-state index is 5.28. The second kappa shape index (κ2) is 14.8. The Morgan fingerprint density at radius 2 is 0.519 bits per heavy atom. The van der Waals surface area contributed by atoms with Crippen LogP contribution in [0.15, 0.2) is 212 Å². The highest BCUT2D eigenvalue weighted by Crippen LogP contribution is 2.40. The van der Waals surface area contributed by atoms with Crippen molar-refractivity contribution in [3.05, 3.63) is 212 Å². The molecule has 1 aromatic heterocycles. The summed E-state index contributed by atoms with van der Waals surface area (Å²) in [6, 6.07) is 74.0. The lowest BCUT2D eigenvalue weighted by Crippen LogP contribution is -2.02. The molecule has 3 nitrogen and oxygen atoms in total. The van der Waals surface area contributed by atoms with E-state index in [1.54, 1.807) is 0 Å². The zero-order valence-electron chi connectivity index (χ0n) is 29.5. The number of aromatic nitrogens is 3. The summed E-state index contributed by atoms with van der Waals surface area (Å²) >= 11 is 0. The van der Waals surface area contributed by atoms with Gasteiger partial charge in [0.25, 0.3) is 0 Å². The van der Waals surface area contributed by atoms with E-state index in [0.717, 1.165) is 61.2 Å². The third kappa shape index (κ3) is 6.74. The van der Waals surface area contributed by atoms with Gasteiger partial charge in [-0.25, -0.2) is 15.0 Å². The van der Waals surface area contributed by atoms with Gasteiger partial charge in [-0.1, -0.05) is 194 Å². The van der Waals surface area contributed by atoms with Crippen molar-refractivity contribution in [3.8, 4) is 89.8 Å². The standard InChI is InChI=1S/C51H35N3/c1-5-17-36(18-6-1)40-25-13-27-42(33-40)43-28-15-30-45(35-43)50-52-49(44-29-14-26-41(34-44)37-19-7-2-8-20-37)53-51(54-50)47-32-16-31-46(38-21-9-3-10-22-38)48(47)39-23-11-4-12-24-39/h1-35H. The van der Waals surface area contributed by atoms with E-state index in [1.807, 2.05) is 12.1 Å². The van der Waals surface area contributed by atoms with Crippen molar-refractivity contribution < 1.29 is 0 Å². The average molecular weight is 690 g/mol. The zero-order valence-corrected chi connectivity index (χ0v) is 29.5. The first-order valence-corrected chi connectivity index (χ1v) is 18.2. The van der Waals surface area contributed by atoms with Crippen molar-refractivity contribution in [2.24, 2.45) is 0 Å². The molecule has 0 saturated carbocycles. The summed E-state index contributed by atoms with van der Waals surface area (Å²) in [7, 11) is 0. The molecule has 0 radical (unpaired) electrons. The Labute approximate surface area is 316 Å². The van der Waals surface area contributed by atoms with Gasteiger partial charge >= 0.3 is 0 Å². The average Bonchev–Trinajstić information content (AvgIpc) is 3.27. The fraction of sp³-hybridized carbons (Fsp3) is 0. The van der Waals surface area contributed by atoms with Crippen molar-refractivity contribution >= 4 is 0 Å². The number of hydrogen-bond acceptors (Lipinski definition) is 3. The topological polar surface area (TPSA) is 38.7 Å². The quantitative estimate of drug-likeness (QED) is 0.159. The molecule has 0 aliphatic heterocycles. The van der Waals surface area contributed by atoms with E-state index in [0.29, 0.717) is 17.5 Å². The highest BCUT2D eigenvalue weighted by atomic mass is 15.0. The lowest BCUT2D eigenvalue weighted by Gasteiger charge is -2.16. The largest absolute Gasteiger partial charge is 0.208 e. The van der Waals surface area contributed by atoms with Crippen molar-refractivity contribution in [2.45, 2.75) is 0 Å². The molecule has 0 unspecified atom stereocenters. The predicted molar refractivity (Wildman–Crippen MR) is 223 cm³/mol. The maximum atomic E-state index is 5.28. The van der Waals surface area contributed by atoms with Crippen LogP contribution in [0.2, 0.25) is 0 Å². The van der Waals surface area contributed by atoms with E-state index >= 15 is 0 Å². The lowest BCUT2D eigenvalue weighted by molar-refractivity contribution is 1.07. The summed E-state index contributed by atoms with van der Waals surface area (Å²) in [5.41, 5.74) is 14.0. The van der Waals surface area contributed by atoms with Gasteiger partial charge in [0.2, 0.25) is 0 Å². The lowest BCUT2D eigenvalue weighted by atomic mass is 9.90. The number of benzene rings is 8. The Morgan fingerprint density at radius 1 is 0.204 bits per heavy atom. The summed E-state index contributed by atoms with van der Waals surface area (Å²) in [4.78, 5) is 15.7. The normalized spacial score (nSPS) is 11.0. The van der Waals surface area contributed by atoms with Gasteiger partial charge in [0.1, 0.15) is 0 Å². The van der Waals surface area contributed by atoms with Crippen molar-refractivity contribution in [2.75, 3.05) is 0 Å². The highest BCUT2D eigenvalue weighted by Gasteiger charge is 2.19. The van der Waals surface area contributed by atoms with Crippen LogP contribution in [0.25, 0.3) is 89.8 Å². The molecule has 3 heteroatoms. The summed E-state index contributed by atoms with van der Waals surface area (Å²) in [6.45, 7) is 0. The van der Waals surface area contributed by atoms with Gasteiger partial charge in [-0.2, -0.15) is 0 Å². The molecule has 0 spiro atoms. The van der Waals surface area contributed by atoms with Crippen LogP contribution in [-0.4, -0.2) is 15.0 Å². The molecular weight excluding hydrogens is 655 g/mol. The predicted octanol–water partition coefficient (Wildman–Crippen LogP) is 13.2. The van der Waals surface area contributed by atoms with Crippen LogP contribution in [-0.2, 0) is 0 Å². The second-order valence-electron chi connectivity index (χ2n) is 13.2. The van der Waals surface area contributed by atoms with Crippen molar-refractivity contribution in [1.29, 1.82) is 0 Å². The first kappa shape index (κ1) is 32.7. The summed E-state index contributed by atoms with van der Waals surface area (Å²) < 4.78 is 0. The van der Waals surface area contributed by atoms with Crippen LogP contribution in [0.5, 0.6) is 0 Å². The van der Waals surface area contributed by atoms with Gasteiger partial charge in [-0.3, -0.25) is 0 Å². The van der Waals surface area contributed by atoms with E-state index in [2.05, 4.69) is 200 Å². The molecule has 0 amide bonds. The van der Waals surface area contributed by atoms with Crippen LogP contribution in [0.1, 0.15) is 0 Å². The van der Waals surface area contributed by atoms with Gasteiger partial charge in [0, 0.05) is 22.3 Å². The molecule has 0 bridgehead atoms. The van der Waals surface area contributed by atoms with Gasteiger partial charge < -0.3 is 0 Å². The molecule has 0 saturated heterocycles. The molecule has 8 aromatic carbocycles. The SMILES string of the molecule is c1ccc(-c2cccc(-c3cccc(-c4nc(-c5cccc(-c6ccccc6)c5)nc(-c5cccc(-c6ccccc6)c5-c5ccccc5)n4)c3)c2)cc1. The fourth-order valence-corrected chi connectivity index (χ4v) is 7.08. The molecule has 0 atom stereocenters. The second-order valence-corrected chi connectivity index (χ2v) is 13.2. The van der Waals surface area contributed by atoms with E-state index in [9.17, 15) is 0 Å². The van der Waals surface area contributed by atoms with E-state index < -0.39 is 0 Å². The molecule has 254 valence electrons. The Kier molecular flexibility index (Phi) is 8.94. The summed E-state index contributed by atoms with van der Waals surface area (Å²) in [6.07, 6.45) is 0. The fourth-order valence-electron chi connectivity index (χ4n) is 7.08. The first-order chi connectivity index (χ1) is 26.8. The molecule has 1 heterocycles.